The van der Waals surface area contributed by atoms with Crippen molar-refractivity contribution in [2.75, 3.05) is 47.1 Å². The van der Waals surface area contributed by atoms with E-state index >= 15 is 0 Å². The van der Waals surface area contributed by atoms with Crippen molar-refractivity contribution in [1.29, 1.82) is 0 Å². The molecule has 0 spiro atoms. The molecular weight excluding hydrogens is 392 g/mol. The number of ether oxygens (including phenoxy) is 3. The van der Waals surface area contributed by atoms with Gasteiger partial charge in [-0.25, -0.2) is 0 Å². The molecule has 29 heavy (non-hydrogen) atoms. The number of benzene rings is 1. The van der Waals surface area contributed by atoms with Gasteiger partial charge in [-0.2, -0.15) is 0 Å². The summed E-state index contributed by atoms with van der Waals surface area (Å²) in [6.07, 6.45) is 5.73. The number of hydrogen-bond donors (Lipinski definition) is 1. The molecule has 0 radical (unpaired) electrons. The first-order valence-electron chi connectivity index (χ1n) is 10.4. The summed E-state index contributed by atoms with van der Waals surface area (Å²) < 4.78 is 16.2. The molecule has 7 heteroatoms. The van der Waals surface area contributed by atoms with Crippen LogP contribution in [0, 0.1) is 11.3 Å². The maximum atomic E-state index is 13.1. The quantitative estimate of drug-likeness (QED) is 0.725. The number of carbonyl (C=O) groups is 1. The number of methoxy groups -OCH3 is 2. The molecule has 2 fully saturated rings. The summed E-state index contributed by atoms with van der Waals surface area (Å²) in [4.78, 5) is 15.1. The van der Waals surface area contributed by atoms with Gasteiger partial charge in [0, 0.05) is 38.9 Å². The molecule has 0 bridgehead atoms. The van der Waals surface area contributed by atoms with E-state index in [1.807, 2.05) is 11.0 Å². The molecular formula is C22H35ClN2O4. The van der Waals surface area contributed by atoms with Crippen molar-refractivity contribution in [2.24, 2.45) is 17.1 Å². The first-order chi connectivity index (χ1) is 13.6. The highest BCUT2D eigenvalue weighted by Crippen LogP contribution is 2.34. The number of piperidine rings is 1. The Balaban J connectivity index is 0.00000300. The average molecular weight is 427 g/mol. The third kappa shape index (κ3) is 5.77. The van der Waals surface area contributed by atoms with Gasteiger partial charge in [-0.05, 0) is 62.1 Å². The van der Waals surface area contributed by atoms with E-state index in [9.17, 15) is 4.79 Å². The van der Waals surface area contributed by atoms with Crippen LogP contribution in [0.25, 0.3) is 0 Å². The number of nitrogens with two attached hydrogens (primary N) is 1. The van der Waals surface area contributed by atoms with Crippen LogP contribution < -0.4 is 15.2 Å². The molecule has 0 unspecified atom stereocenters. The summed E-state index contributed by atoms with van der Waals surface area (Å²) in [6.45, 7) is 3.39. The maximum absolute atomic E-state index is 13.1. The number of amides is 1. The lowest BCUT2D eigenvalue weighted by atomic mass is 9.78. The first-order valence-corrected chi connectivity index (χ1v) is 10.4. The number of carbonyl (C=O) groups excluding carboxylic acids is 1. The zero-order valence-electron chi connectivity index (χ0n) is 17.7. The van der Waals surface area contributed by atoms with Crippen molar-refractivity contribution in [3.8, 4) is 11.5 Å². The van der Waals surface area contributed by atoms with E-state index in [1.165, 1.54) is 5.56 Å². The van der Waals surface area contributed by atoms with Crippen molar-refractivity contribution >= 4 is 18.3 Å². The van der Waals surface area contributed by atoms with E-state index < -0.39 is 5.41 Å². The van der Waals surface area contributed by atoms with Crippen LogP contribution in [0.15, 0.2) is 18.2 Å². The molecule has 2 heterocycles. The second kappa shape index (κ2) is 11.0. The van der Waals surface area contributed by atoms with Gasteiger partial charge in [-0.1, -0.05) is 0 Å². The summed E-state index contributed by atoms with van der Waals surface area (Å²) in [5.74, 6) is 2.55. The van der Waals surface area contributed by atoms with Gasteiger partial charge in [0.15, 0.2) is 0 Å². The molecule has 2 aliphatic heterocycles. The molecule has 6 nitrogen and oxygen atoms in total. The lowest BCUT2D eigenvalue weighted by Gasteiger charge is -2.41. The number of nitrogens with zero attached hydrogens (tertiary/aromatic N) is 1. The van der Waals surface area contributed by atoms with Gasteiger partial charge in [0.1, 0.15) is 11.5 Å². The summed E-state index contributed by atoms with van der Waals surface area (Å²) in [5.41, 5.74) is 6.84. The van der Waals surface area contributed by atoms with Gasteiger partial charge in [0.05, 0.1) is 19.6 Å². The third-order valence-electron chi connectivity index (χ3n) is 6.45. The molecule has 2 aliphatic rings. The summed E-state index contributed by atoms with van der Waals surface area (Å²) in [7, 11) is 3.36. The van der Waals surface area contributed by atoms with E-state index in [0.717, 1.165) is 63.1 Å². The predicted octanol–water partition coefficient (Wildman–Crippen LogP) is 3.05. The minimum atomic E-state index is -0.401. The summed E-state index contributed by atoms with van der Waals surface area (Å²) in [6, 6.07) is 6.06. The van der Waals surface area contributed by atoms with Crippen molar-refractivity contribution in [2.45, 2.75) is 38.5 Å². The van der Waals surface area contributed by atoms with E-state index in [4.69, 9.17) is 19.9 Å². The van der Waals surface area contributed by atoms with Crippen LogP contribution >= 0.6 is 12.4 Å². The Morgan fingerprint density at radius 3 is 2.24 bits per heavy atom. The lowest BCUT2D eigenvalue weighted by molar-refractivity contribution is -0.148. The standard InChI is InChI=1S/C22H34N2O4.ClH/c1-26-19-13-18(14-20(15-19)27-2)4-3-17-5-9-24(10-6-17)21(25)22(16-23)7-11-28-12-8-22;/h13-15,17H,3-12,16,23H2,1-2H3;1H. The second-order valence-electron chi connectivity index (χ2n) is 8.09. The van der Waals surface area contributed by atoms with Crippen LogP contribution in [0.3, 0.4) is 0 Å². The van der Waals surface area contributed by atoms with Crippen LogP contribution in [-0.2, 0) is 16.0 Å². The Labute approximate surface area is 180 Å². The summed E-state index contributed by atoms with van der Waals surface area (Å²) in [5, 5.41) is 0. The molecule has 0 saturated carbocycles. The fourth-order valence-electron chi connectivity index (χ4n) is 4.41. The largest absolute Gasteiger partial charge is 0.497 e. The number of likely N-dealkylation sites (tertiary alicyclic amines) is 1. The molecule has 0 aromatic heterocycles. The molecule has 1 aromatic carbocycles. The van der Waals surface area contributed by atoms with Crippen LogP contribution in [0.1, 0.15) is 37.7 Å². The minimum Gasteiger partial charge on any atom is -0.497 e. The van der Waals surface area contributed by atoms with Gasteiger partial charge < -0.3 is 24.8 Å². The Kier molecular flexibility index (Phi) is 9.05. The zero-order valence-corrected chi connectivity index (χ0v) is 18.5. The van der Waals surface area contributed by atoms with Crippen LogP contribution in [0.5, 0.6) is 11.5 Å². The fourth-order valence-corrected chi connectivity index (χ4v) is 4.41. The average Bonchev–Trinajstić information content (AvgIpc) is 2.77. The predicted molar refractivity (Wildman–Crippen MR) is 116 cm³/mol. The molecule has 2 N–H and O–H groups in total. The fraction of sp³-hybridized carbons (Fsp3) is 0.682. The number of aryl methyl sites for hydroxylation is 1. The number of rotatable bonds is 7. The van der Waals surface area contributed by atoms with Crippen LogP contribution in [0.2, 0.25) is 0 Å². The smallest absolute Gasteiger partial charge is 0.230 e. The van der Waals surface area contributed by atoms with Gasteiger partial charge in [-0.3, -0.25) is 4.79 Å². The monoisotopic (exact) mass is 426 g/mol. The highest BCUT2D eigenvalue weighted by molar-refractivity contribution is 5.85. The Bertz CT molecular complexity index is 634. The minimum absolute atomic E-state index is 0. The highest BCUT2D eigenvalue weighted by Gasteiger charge is 2.42. The van der Waals surface area contributed by atoms with Gasteiger partial charge >= 0.3 is 0 Å². The Hall–Kier alpha value is -1.50. The lowest BCUT2D eigenvalue weighted by Crippen LogP contribution is -2.52. The van der Waals surface area contributed by atoms with Gasteiger partial charge in [0.2, 0.25) is 5.91 Å². The van der Waals surface area contributed by atoms with Gasteiger partial charge in [0.25, 0.3) is 0 Å². The Morgan fingerprint density at radius 1 is 1.14 bits per heavy atom. The van der Waals surface area contributed by atoms with E-state index in [0.29, 0.717) is 25.7 Å². The first kappa shape index (κ1) is 23.8. The van der Waals surface area contributed by atoms with E-state index in [-0.39, 0.29) is 18.3 Å². The van der Waals surface area contributed by atoms with Crippen LogP contribution in [-0.4, -0.2) is 57.9 Å². The van der Waals surface area contributed by atoms with Crippen LogP contribution in [0.4, 0.5) is 0 Å². The zero-order chi connectivity index (χ0) is 20.0. The van der Waals surface area contributed by atoms with Crippen molar-refractivity contribution in [3.05, 3.63) is 23.8 Å². The van der Waals surface area contributed by atoms with Crippen molar-refractivity contribution < 1.29 is 19.0 Å². The molecule has 1 amide bonds. The topological polar surface area (TPSA) is 74.0 Å². The molecule has 1 aromatic rings. The van der Waals surface area contributed by atoms with Gasteiger partial charge in [-0.15, -0.1) is 12.4 Å². The molecule has 2 saturated heterocycles. The number of hydrogen-bond acceptors (Lipinski definition) is 5. The summed E-state index contributed by atoms with van der Waals surface area (Å²) >= 11 is 0. The van der Waals surface area contributed by atoms with Crippen molar-refractivity contribution in [1.82, 2.24) is 4.90 Å². The second-order valence-corrected chi connectivity index (χ2v) is 8.09. The van der Waals surface area contributed by atoms with Crippen molar-refractivity contribution in [3.63, 3.8) is 0 Å². The van der Waals surface area contributed by atoms with E-state index in [2.05, 4.69) is 12.1 Å². The highest BCUT2D eigenvalue weighted by atomic mass is 35.5. The number of halogens is 1. The maximum Gasteiger partial charge on any atom is 0.230 e. The molecule has 3 rings (SSSR count). The van der Waals surface area contributed by atoms with E-state index in [1.54, 1.807) is 14.2 Å². The Morgan fingerprint density at radius 2 is 1.72 bits per heavy atom. The third-order valence-corrected chi connectivity index (χ3v) is 6.45. The molecule has 0 aliphatic carbocycles. The molecule has 0 atom stereocenters. The SMILES string of the molecule is COc1cc(CCC2CCN(C(=O)C3(CN)CCOCC3)CC2)cc(OC)c1.Cl. The normalized spacial score (nSPS) is 19.3. The molecule has 164 valence electrons.